The van der Waals surface area contributed by atoms with Crippen molar-refractivity contribution < 1.29 is 13.2 Å². The number of thiazole rings is 1. The van der Waals surface area contributed by atoms with E-state index in [9.17, 15) is 13.2 Å². The third-order valence-electron chi connectivity index (χ3n) is 4.78. The van der Waals surface area contributed by atoms with Gasteiger partial charge < -0.3 is 4.57 Å². The summed E-state index contributed by atoms with van der Waals surface area (Å²) in [5, 5.41) is 2.31. The van der Waals surface area contributed by atoms with Crippen molar-refractivity contribution in [1.82, 2.24) is 8.87 Å². The van der Waals surface area contributed by atoms with E-state index in [0.29, 0.717) is 22.8 Å². The summed E-state index contributed by atoms with van der Waals surface area (Å²) in [6.45, 7) is 0.330. The molecule has 1 unspecified atom stereocenters. The van der Waals surface area contributed by atoms with Gasteiger partial charge in [0, 0.05) is 13.6 Å². The van der Waals surface area contributed by atoms with Gasteiger partial charge in [0.05, 0.1) is 15.2 Å². The first-order valence-corrected chi connectivity index (χ1v) is 12.3. The molecule has 1 aliphatic rings. The topological polar surface area (TPSA) is 71.7 Å². The fraction of sp³-hybridized carbons (Fsp3) is 0.333. The van der Waals surface area contributed by atoms with E-state index in [4.69, 9.17) is 11.6 Å². The number of sulfonamides is 1. The van der Waals surface area contributed by atoms with Crippen LogP contribution in [0.15, 0.2) is 44.9 Å². The lowest BCUT2D eigenvalue weighted by molar-refractivity contribution is -0.122. The summed E-state index contributed by atoms with van der Waals surface area (Å²) in [6, 6.07) is 8.05. The summed E-state index contributed by atoms with van der Waals surface area (Å²) >= 11 is 8.80. The van der Waals surface area contributed by atoms with Gasteiger partial charge in [0.25, 0.3) is 15.9 Å². The van der Waals surface area contributed by atoms with Crippen LogP contribution in [0.2, 0.25) is 5.02 Å². The van der Waals surface area contributed by atoms with Gasteiger partial charge in [-0.3, -0.25) is 4.79 Å². The van der Waals surface area contributed by atoms with Crippen LogP contribution >= 0.6 is 34.3 Å². The molecular weight excluding hydrogens is 438 g/mol. The zero-order chi connectivity index (χ0) is 19.9. The number of carbonyl (C=O) groups is 1. The number of hydrogen-bond donors (Lipinski definition) is 0. The average Bonchev–Trinajstić information content (AvgIpc) is 3.32. The molecule has 10 heteroatoms. The number of fused-ring (bicyclic) bond motifs is 1. The normalized spacial score (nSPS) is 19.4. The molecular formula is C18H18ClN3O3S3. The number of rotatable bonds is 3. The molecule has 6 nitrogen and oxygen atoms in total. The highest BCUT2D eigenvalue weighted by Gasteiger charge is 2.38. The Morgan fingerprint density at radius 2 is 2.07 bits per heavy atom. The van der Waals surface area contributed by atoms with E-state index in [1.807, 2.05) is 12.1 Å². The van der Waals surface area contributed by atoms with Gasteiger partial charge in [-0.15, -0.1) is 11.3 Å². The predicted molar refractivity (Wildman–Crippen MR) is 112 cm³/mol. The van der Waals surface area contributed by atoms with E-state index in [0.717, 1.165) is 34.4 Å². The fourth-order valence-electron chi connectivity index (χ4n) is 3.40. The second kappa shape index (κ2) is 7.72. The van der Waals surface area contributed by atoms with E-state index in [-0.39, 0.29) is 4.21 Å². The van der Waals surface area contributed by atoms with Crippen molar-refractivity contribution in [1.29, 1.82) is 0 Å². The van der Waals surface area contributed by atoms with E-state index in [1.165, 1.54) is 15.6 Å². The Bertz CT molecular complexity index is 1200. The molecule has 28 heavy (non-hydrogen) atoms. The first-order valence-electron chi connectivity index (χ1n) is 8.77. The maximum Gasteiger partial charge on any atom is 0.266 e. The van der Waals surface area contributed by atoms with Crippen molar-refractivity contribution in [3.63, 3.8) is 0 Å². The van der Waals surface area contributed by atoms with E-state index in [1.54, 1.807) is 35.2 Å². The number of nitrogens with zero attached hydrogens (tertiary/aromatic N) is 3. The first kappa shape index (κ1) is 19.8. The molecule has 1 fully saturated rings. The lowest BCUT2D eigenvalue weighted by Crippen LogP contribution is -2.47. The molecule has 1 saturated heterocycles. The van der Waals surface area contributed by atoms with Gasteiger partial charge in [0.15, 0.2) is 4.80 Å². The van der Waals surface area contributed by atoms with Gasteiger partial charge in [-0.2, -0.15) is 9.30 Å². The molecule has 2 aromatic heterocycles. The van der Waals surface area contributed by atoms with Crippen LogP contribution < -0.4 is 4.80 Å². The maximum atomic E-state index is 13.0. The Kier molecular flexibility index (Phi) is 5.45. The third-order valence-corrected chi connectivity index (χ3v) is 9.46. The summed E-state index contributed by atoms with van der Waals surface area (Å²) in [6.07, 6.45) is 2.01. The smallest absolute Gasteiger partial charge is 0.266 e. The number of carbonyl (C=O) groups excluding carboxylic acids is 1. The minimum Gasteiger partial charge on any atom is -0.318 e. The van der Waals surface area contributed by atoms with E-state index < -0.39 is 22.0 Å². The Hall–Kier alpha value is -1.52. The summed E-state index contributed by atoms with van der Waals surface area (Å²) in [7, 11) is -1.90. The van der Waals surface area contributed by atoms with Crippen molar-refractivity contribution in [3.8, 4) is 0 Å². The van der Waals surface area contributed by atoms with Crippen molar-refractivity contribution in [2.45, 2.75) is 29.5 Å². The molecule has 0 aliphatic carbocycles. The molecule has 0 N–H and O–H groups in total. The van der Waals surface area contributed by atoms with Crippen molar-refractivity contribution in [2.24, 2.45) is 12.0 Å². The van der Waals surface area contributed by atoms with Gasteiger partial charge >= 0.3 is 0 Å². The number of aromatic nitrogens is 1. The molecule has 4 rings (SSSR count). The van der Waals surface area contributed by atoms with Crippen LogP contribution in [0.1, 0.15) is 19.3 Å². The Morgan fingerprint density at radius 1 is 1.25 bits per heavy atom. The molecule has 0 saturated carbocycles. The molecule has 148 valence electrons. The Morgan fingerprint density at radius 3 is 2.79 bits per heavy atom. The zero-order valence-electron chi connectivity index (χ0n) is 15.0. The average molecular weight is 456 g/mol. The number of thiophene rings is 1. The molecule has 1 aliphatic heterocycles. The van der Waals surface area contributed by atoms with Crippen LogP contribution in [0.25, 0.3) is 10.2 Å². The molecule has 0 bridgehead atoms. The van der Waals surface area contributed by atoms with Crippen LogP contribution in [0.5, 0.6) is 0 Å². The summed E-state index contributed by atoms with van der Waals surface area (Å²) in [4.78, 5) is 17.8. The number of benzene rings is 1. The number of hydrogen-bond acceptors (Lipinski definition) is 5. The number of aryl methyl sites for hydroxylation is 1. The zero-order valence-corrected chi connectivity index (χ0v) is 18.2. The SMILES string of the molecule is Cn1c(=NC(=O)C2CCCCN2S(=O)(=O)c2cccs2)sc2cccc(Cl)c21. The Labute approximate surface area is 175 Å². The van der Waals surface area contributed by atoms with Gasteiger partial charge in [-0.1, -0.05) is 41.5 Å². The molecule has 1 atom stereocenters. The second-order valence-corrected chi connectivity index (χ2v) is 11.0. The maximum absolute atomic E-state index is 13.0. The number of piperidine rings is 1. The summed E-state index contributed by atoms with van der Waals surface area (Å²) in [5.74, 6) is -0.432. The quantitative estimate of drug-likeness (QED) is 0.605. The minimum atomic E-state index is -3.70. The minimum absolute atomic E-state index is 0.256. The second-order valence-electron chi connectivity index (χ2n) is 6.54. The van der Waals surface area contributed by atoms with Crippen molar-refractivity contribution in [3.05, 3.63) is 45.5 Å². The van der Waals surface area contributed by atoms with Crippen LogP contribution in [-0.4, -0.2) is 35.8 Å². The summed E-state index contributed by atoms with van der Waals surface area (Å²) < 4.78 is 30.3. The van der Waals surface area contributed by atoms with Gasteiger partial charge in [-0.05, 0) is 36.4 Å². The highest BCUT2D eigenvalue weighted by atomic mass is 35.5. The third kappa shape index (κ3) is 3.46. The van der Waals surface area contributed by atoms with Crippen LogP contribution in [0.3, 0.4) is 0 Å². The molecule has 3 aromatic rings. The number of halogens is 1. The monoisotopic (exact) mass is 455 g/mol. The first-order chi connectivity index (χ1) is 13.4. The summed E-state index contributed by atoms with van der Waals surface area (Å²) in [5.41, 5.74) is 0.812. The van der Waals surface area contributed by atoms with Crippen LogP contribution in [0, 0.1) is 0 Å². The highest BCUT2D eigenvalue weighted by molar-refractivity contribution is 7.91. The highest BCUT2D eigenvalue weighted by Crippen LogP contribution is 2.29. The van der Waals surface area contributed by atoms with Crippen molar-refractivity contribution >= 4 is 60.4 Å². The lowest BCUT2D eigenvalue weighted by Gasteiger charge is -2.31. The van der Waals surface area contributed by atoms with Crippen molar-refractivity contribution in [2.75, 3.05) is 6.54 Å². The van der Waals surface area contributed by atoms with Crippen LogP contribution in [-0.2, 0) is 21.9 Å². The number of para-hydroxylation sites is 1. The van der Waals surface area contributed by atoms with Gasteiger partial charge in [0.2, 0.25) is 0 Å². The van der Waals surface area contributed by atoms with Crippen LogP contribution in [0.4, 0.5) is 0 Å². The molecule has 0 radical (unpaired) electrons. The molecule has 0 spiro atoms. The Balaban J connectivity index is 1.73. The lowest BCUT2D eigenvalue weighted by atomic mass is 10.0. The van der Waals surface area contributed by atoms with Gasteiger partial charge in [-0.25, -0.2) is 8.42 Å². The molecule has 3 heterocycles. The number of amides is 1. The van der Waals surface area contributed by atoms with Gasteiger partial charge in [0.1, 0.15) is 10.3 Å². The predicted octanol–water partition coefficient (Wildman–Crippen LogP) is 3.63. The largest absolute Gasteiger partial charge is 0.318 e. The van der Waals surface area contributed by atoms with E-state index in [2.05, 4.69) is 4.99 Å². The van der Waals surface area contributed by atoms with E-state index >= 15 is 0 Å². The fourth-order valence-corrected chi connectivity index (χ4v) is 7.58. The standard InChI is InChI=1S/C18H18ClN3O3S3/c1-21-16-12(19)6-4-8-14(16)27-18(21)20-17(23)13-7-2-3-10-22(13)28(24,25)15-9-5-11-26-15/h4-6,8-9,11,13H,2-3,7,10H2,1H3. The molecule has 1 amide bonds. The molecule has 1 aromatic carbocycles.